The monoisotopic (exact) mass is 469 g/mol. The predicted molar refractivity (Wildman–Crippen MR) is 125 cm³/mol. The van der Waals surface area contributed by atoms with Crippen molar-refractivity contribution in [3.8, 4) is 11.5 Å². The van der Waals surface area contributed by atoms with Gasteiger partial charge in [-0.1, -0.05) is 17.4 Å². The number of benzene rings is 1. The summed E-state index contributed by atoms with van der Waals surface area (Å²) in [5.74, 6) is 1.10. The SMILES string of the molecule is CCn1cnc2c(NCc3ccc(OC)c(OC)c3)nc(Nc3nc(C)c(C(=O)O)s3)nc21. The average Bonchev–Trinajstić information content (AvgIpc) is 3.40. The Labute approximate surface area is 193 Å². The van der Waals surface area contributed by atoms with Gasteiger partial charge in [-0.15, -0.1) is 0 Å². The molecule has 0 aliphatic rings. The first-order valence-corrected chi connectivity index (χ1v) is 10.9. The number of carbonyl (C=O) groups is 1. The Morgan fingerprint density at radius 1 is 1.18 bits per heavy atom. The maximum atomic E-state index is 11.3. The molecule has 0 spiro atoms. The second kappa shape index (κ2) is 9.28. The van der Waals surface area contributed by atoms with Crippen LogP contribution in [0.1, 0.15) is 27.9 Å². The van der Waals surface area contributed by atoms with Crippen LogP contribution < -0.4 is 20.1 Å². The minimum absolute atomic E-state index is 0.170. The van der Waals surface area contributed by atoms with E-state index in [9.17, 15) is 9.90 Å². The lowest BCUT2D eigenvalue weighted by Crippen LogP contribution is -2.07. The summed E-state index contributed by atoms with van der Waals surface area (Å²) in [6.45, 7) is 4.79. The molecule has 3 aromatic heterocycles. The lowest BCUT2D eigenvalue weighted by Gasteiger charge is -2.12. The summed E-state index contributed by atoms with van der Waals surface area (Å²) >= 11 is 1.03. The standard InChI is InChI=1S/C21H23N7O4S/c1-5-28-10-23-15-17(22-9-12-6-7-13(31-3)14(8-12)32-4)25-20(26-18(15)28)27-21-24-11(2)16(33-21)19(29)30/h6-8,10H,5,9H2,1-4H3,(H,29,30)(H2,22,24,25,26,27). The zero-order chi connectivity index (χ0) is 23.5. The number of hydrogen-bond donors (Lipinski definition) is 3. The Balaban J connectivity index is 1.65. The molecule has 0 unspecified atom stereocenters. The number of aromatic nitrogens is 5. The Morgan fingerprint density at radius 3 is 2.64 bits per heavy atom. The molecule has 0 aliphatic carbocycles. The maximum absolute atomic E-state index is 11.3. The van der Waals surface area contributed by atoms with E-state index in [2.05, 4.69) is 30.6 Å². The number of nitrogens with zero attached hydrogens (tertiary/aromatic N) is 5. The summed E-state index contributed by atoms with van der Waals surface area (Å²) in [7, 11) is 3.18. The molecule has 172 valence electrons. The van der Waals surface area contributed by atoms with E-state index in [1.165, 1.54) is 0 Å². The predicted octanol–water partition coefficient (Wildman–Crippen LogP) is 3.68. The number of anilines is 3. The van der Waals surface area contributed by atoms with Gasteiger partial charge in [-0.25, -0.2) is 14.8 Å². The molecule has 4 rings (SSSR count). The van der Waals surface area contributed by atoms with Crippen LogP contribution in [0.15, 0.2) is 24.5 Å². The van der Waals surface area contributed by atoms with E-state index < -0.39 is 5.97 Å². The van der Waals surface area contributed by atoms with E-state index >= 15 is 0 Å². The maximum Gasteiger partial charge on any atom is 0.347 e. The van der Waals surface area contributed by atoms with E-state index in [0.29, 0.717) is 58.3 Å². The largest absolute Gasteiger partial charge is 0.493 e. The summed E-state index contributed by atoms with van der Waals surface area (Å²) in [5.41, 5.74) is 2.67. The Bertz CT molecular complexity index is 1320. The van der Waals surface area contributed by atoms with Crippen LogP contribution in [-0.4, -0.2) is 49.8 Å². The van der Waals surface area contributed by atoms with Gasteiger partial charge in [0, 0.05) is 13.1 Å². The van der Waals surface area contributed by atoms with Crippen molar-refractivity contribution in [3.05, 3.63) is 40.7 Å². The number of ether oxygens (including phenoxy) is 2. The van der Waals surface area contributed by atoms with Gasteiger partial charge in [-0.2, -0.15) is 9.97 Å². The van der Waals surface area contributed by atoms with Crippen molar-refractivity contribution in [1.82, 2.24) is 24.5 Å². The fraction of sp³-hybridized carbons (Fsp3) is 0.286. The second-order valence-corrected chi connectivity index (χ2v) is 8.00. The molecule has 1 aromatic carbocycles. The summed E-state index contributed by atoms with van der Waals surface area (Å²) in [4.78, 5) is 29.4. The highest BCUT2D eigenvalue weighted by atomic mass is 32.1. The first-order chi connectivity index (χ1) is 15.9. The summed E-state index contributed by atoms with van der Waals surface area (Å²) in [6.07, 6.45) is 1.71. The number of fused-ring (bicyclic) bond motifs is 1. The zero-order valence-electron chi connectivity index (χ0n) is 18.5. The minimum atomic E-state index is -1.02. The summed E-state index contributed by atoms with van der Waals surface area (Å²) in [5, 5.41) is 16.0. The van der Waals surface area contributed by atoms with Crippen LogP contribution in [0.4, 0.5) is 16.9 Å². The molecule has 0 bridgehead atoms. The minimum Gasteiger partial charge on any atom is -0.493 e. The molecule has 33 heavy (non-hydrogen) atoms. The highest BCUT2D eigenvalue weighted by Crippen LogP contribution is 2.29. The van der Waals surface area contributed by atoms with Crippen LogP contribution >= 0.6 is 11.3 Å². The number of rotatable bonds is 9. The van der Waals surface area contributed by atoms with Crippen LogP contribution in [0.2, 0.25) is 0 Å². The molecule has 0 amide bonds. The third kappa shape index (κ3) is 4.51. The average molecular weight is 470 g/mol. The molecule has 0 saturated heterocycles. The number of aryl methyl sites for hydroxylation is 2. The number of aromatic carboxylic acids is 1. The topological polar surface area (TPSA) is 136 Å². The van der Waals surface area contributed by atoms with E-state index in [1.807, 2.05) is 29.7 Å². The van der Waals surface area contributed by atoms with Crippen molar-refractivity contribution in [1.29, 1.82) is 0 Å². The van der Waals surface area contributed by atoms with Crippen LogP contribution in [0.25, 0.3) is 11.2 Å². The van der Waals surface area contributed by atoms with Gasteiger partial charge in [0.25, 0.3) is 0 Å². The number of nitrogens with one attached hydrogen (secondary N) is 2. The van der Waals surface area contributed by atoms with Gasteiger partial charge in [0.15, 0.2) is 33.6 Å². The van der Waals surface area contributed by atoms with Gasteiger partial charge >= 0.3 is 5.97 Å². The Morgan fingerprint density at radius 2 is 1.97 bits per heavy atom. The summed E-state index contributed by atoms with van der Waals surface area (Å²) in [6, 6.07) is 5.66. The number of carboxylic acid groups (broad SMARTS) is 1. The van der Waals surface area contributed by atoms with Crippen LogP contribution in [0.3, 0.4) is 0 Å². The molecule has 12 heteroatoms. The van der Waals surface area contributed by atoms with Gasteiger partial charge in [-0.3, -0.25) is 5.32 Å². The molecule has 3 heterocycles. The Kier molecular flexibility index (Phi) is 6.27. The van der Waals surface area contributed by atoms with Crippen molar-refractivity contribution >= 4 is 45.4 Å². The second-order valence-electron chi connectivity index (χ2n) is 7.01. The van der Waals surface area contributed by atoms with Gasteiger partial charge in [0.2, 0.25) is 5.95 Å². The highest BCUT2D eigenvalue weighted by molar-refractivity contribution is 7.17. The molecule has 0 aliphatic heterocycles. The van der Waals surface area contributed by atoms with E-state index in [-0.39, 0.29) is 4.88 Å². The molecule has 0 radical (unpaired) electrons. The normalized spacial score (nSPS) is 10.9. The van der Waals surface area contributed by atoms with Crippen molar-refractivity contribution in [2.45, 2.75) is 26.9 Å². The van der Waals surface area contributed by atoms with E-state index in [1.54, 1.807) is 27.5 Å². The molecule has 0 saturated carbocycles. The van der Waals surface area contributed by atoms with Gasteiger partial charge in [0.1, 0.15) is 4.88 Å². The number of hydrogen-bond acceptors (Lipinski definition) is 10. The van der Waals surface area contributed by atoms with Crippen LogP contribution in [0.5, 0.6) is 11.5 Å². The molecule has 0 atom stereocenters. The van der Waals surface area contributed by atoms with Crippen LogP contribution in [0, 0.1) is 6.92 Å². The smallest absolute Gasteiger partial charge is 0.347 e. The fourth-order valence-corrected chi connectivity index (χ4v) is 4.07. The van der Waals surface area contributed by atoms with E-state index in [0.717, 1.165) is 16.9 Å². The van der Waals surface area contributed by atoms with Crippen molar-refractivity contribution in [3.63, 3.8) is 0 Å². The molecule has 0 fully saturated rings. The molecule has 4 aromatic rings. The molecular formula is C21H23N7O4S. The number of carboxylic acids is 1. The first kappa shape index (κ1) is 22.3. The van der Waals surface area contributed by atoms with Crippen molar-refractivity contribution in [2.24, 2.45) is 0 Å². The summed E-state index contributed by atoms with van der Waals surface area (Å²) < 4.78 is 12.6. The van der Waals surface area contributed by atoms with Gasteiger partial charge < -0.3 is 24.5 Å². The highest BCUT2D eigenvalue weighted by Gasteiger charge is 2.17. The molecule has 3 N–H and O–H groups in total. The Hall–Kier alpha value is -3.93. The first-order valence-electron chi connectivity index (χ1n) is 10.1. The van der Waals surface area contributed by atoms with Crippen LogP contribution in [-0.2, 0) is 13.1 Å². The number of thiazole rings is 1. The van der Waals surface area contributed by atoms with E-state index in [4.69, 9.17) is 9.47 Å². The quantitative estimate of drug-likeness (QED) is 0.333. The lowest BCUT2D eigenvalue weighted by atomic mass is 10.2. The van der Waals surface area contributed by atoms with Gasteiger partial charge in [0.05, 0.1) is 26.2 Å². The fourth-order valence-electron chi connectivity index (χ4n) is 3.28. The number of imidazole rings is 1. The lowest BCUT2D eigenvalue weighted by molar-refractivity contribution is 0.0701. The third-order valence-electron chi connectivity index (χ3n) is 4.92. The third-order valence-corrected chi connectivity index (χ3v) is 5.98. The van der Waals surface area contributed by atoms with Crippen molar-refractivity contribution in [2.75, 3.05) is 24.9 Å². The zero-order valence-corrected chi connectivity index (χ0v) is 19.4. The molecule has 11 nitrogen and oxygen atoms in total. The van der Waals surface area contributed by atoms with Crippen molar-refractivity contribution < 1.29 is 19.4 Å². The molecular weight excluding hydrogens is 446 g/mol. The number of methoxy groups -OCH3 is 2. The van der Waals surface area contributed by atoms with Gasteiger partial charge in [-0.05, 0) is 31.5 Å².